The van der Waals surface area contributed by atoms with Crippen LogP contribution in [0.2, 0.25) is 0 Å². The zero-order valence-electron chi connectivity index (χ0n) is 25.4. The number of aromatic nitrogens is 4. The van der Waals surface area contributed by atoms with Crippen LogP contribution in [0.15, 0.2) is 133 Å². The van der Waals surface area contributed by atoms with Gasteiger partial charge >= 0.3 is 0 Å². The van der Waals surface area contributed by atoms with E-state index >= 15 is 0 Å². The topological polar surface area (TPSA) is 83.2 Å². The molecule has 7 aromatic carbocycles. The zero-order valence-corrected chi connectivity index (χ0v) is 25.4. The lowest BCUT2D eigenvalue weighted by molar-refractivity contribution is 1.18. The summed E-state index contributed by atoms with van der Waals surface area (Å²) < 4.78 is 4.59. The van der Waals surface area contributed by atoms with Gasteiger partial charge in [-0.05, 0) is 66.0 Å². The molecule has 0 bridgehead atoms. The van der Waals surface area contributed by atoms with Crippen molar-refractivity contribution in [3.63, 3.8) is 0 Å². The van der Waals surface area contributed by atoms with Gasteiger partial charge in [0.15, 0.2) is 11.4 Å². The molecule has 0 radical (unpaired) electrons. The molecule has 10 aromatic rings. The van der Waals surface area contributed by atoms with Crippen molar-refractivity contribution in [3.05, 3.63) is 145 Å². The van der Waals surface area contributed by atoms with E-state index in [0.29, 0.717) is 11.0 Å². The molecular weight excluding hydrogens is 589 g/mol. The fourth-order valence-electron chi connectivity index (χ4n) is 7.63. The van der Waals surface area contributed by atoms with Crippen molar-refractivity contribution >= 4 is 76.2 Å². The molecule has 0 aliphatic rings. The number of hydrogen-bond acceptors (Lipinski definition) is 4. The van der Waals surface area contributed by atoms with E-state index in [9.17, 15) is 10.5 Å². The molecule has 220 valence electrons. The average molecular weight is 611 g/mol. The highest BCUT2D eigenvalue weighted by molar-refractivity contribution is 6.36. The molecule has 0 atom stereocenters. The Morgan fingerprint density at radius 1 is 0.396 bits per heavy atom. The molecule has 0 aliphatic heterocycles. The minimum absolute atomic E-state index is 0.0242. The van der Waals surface area contributed by atoms with Gasteiger partial charge in [-0.25, -0.2) is 9.97 Å². The van der Waals surface area contributed by atoms with Crippen LogP contribution in [0.4, 0.5) is 0 Å². The number of nitrogens with zero attached hydrogens (tertiary/aromatic N) is 6. The first-order chi connectivity index (χ1) is 23.7. The Morgan fingerprint density at radius 2 is 0.938 bits per heavy atom. The Kier molecular flexibility index (Phi) is 5.32. The monoisotopic (exact) mass is 610 g/mol. The standard InChI is InChI=1S/C42H22N6/c43-23-33-34(24-44)46-42-32-22-38-30(27-15-7-9-17-35(27)48(38)26-13-5-2-6-14-26)21-31(32)39-29(41(42)45-33)19-20-37-40(39)28-16-8-10-18-36(28)47(37)25-11-3-1-4-12-25/h1-22H. The second kappa shape index (κ2) is 9.74. The number of nitriles is 2. The molecule has 6 nitrogen and oxygen atoms in total. The van der Waals surface area contributed by atoms with Crippen LogP contribution in [0.3, 0.4) is 0 Å². The fraction of sp³-hybridized carbons (Fsp3) is 0. The second-order valence-electron chi connectivity index (χ2n) is 12.0. The van der Waals surface area contributed by atoms with Crippen LogP contribution in [0.25, 0.3) is 87.6 Å². The molecular formula is C42H22N6. The van der Waals surface area contributed by atoms with E-state index in [0.717, 1.165) is 76.5 Å². The largest absolute Gasteiger partial charge is 0.309 e. The molecule has 0 saturated heterocycles. The maximum Gasteiger partial charge on any atom is 0.177 e. The Bertz CT molecular complexity index is 3070. The molecule has 0 saturated carbocycles. The summed E-state index contributed by atoms with van der Waals surface area (Å²) in [4.78, 5) is 9.68. The second-order valence-corrected chi connectivity index (χ2v) is 12.0. The van der Waals surface area contributed by atoms with Gasteiger partial charge in [0.05, 0.1) is 33.1 Å². The van der Waals surface area contributed by atoms with Gasteiger partial charge in [0, 0.05) is 49.1 Å². The molecule has 10 rings (SSSR count). The molecule has 0 unspecified atom stereocenters. The Labute approximate surface area is 273 Å². The van der Waals surface area contributed by atoms with Crippen LogP contribution in [-0.4, -0.2) is 19.1 Å². The van der Waals surface area contributed by atoms with Gasteiger partial charge in [0.1, 0.15) is 12.1 Å². The van der Waals surface area contributed by atoms with Crippen LogP contribution in [0.5, 0.6) is 0 Å². The first-order valence-corrected chi connectivity index (χ1v) is 15.7. The van der Waals surface area contributed by atoms with E-state index in [2.05, 4.69) is 130 Å². The van der Waals surface area contributed by atoms with Gasteiger partial charge in [0.2, 0.25) is 0 Å². The molecule has 0 amide bonds. The van der Waals surface area contributed by atoms with Crippen LogP contribution >= 0.6 is 0 Å². The Morgan fingerprint density at radius 3 is 1.58 bits per heavy atom. The number of benzene rings is 7. The summed E-state index contributed by atoms with van der Waals surface area (Å²) in [5.74, 6) is 0. The normalized spacial score (nSPS) is 11.7. The van der Waals surface area contributed by atoms with E-state index in [4.69, 9.17) is 9.97 Å². The predicted octanol–water partition coefficient (Wildman–Crippen LogP) is 9.87. The summed E-state index contributed by atoms with van der Waals surface area (Å²) in [7, 11) is 0. The molecule has 48 heavy (non-hydrogen) atoms. The van der Waals surface area contributed by atoms with Crippen molar-refractivity contribution in [2.24, 2.45) is 0 Å². The van der Waals surface area contributed by atoms with Crippen LogP contribution in [0, 0.1) is 22.7 Å². The van der Waals surface area contributed by atoms with Crippen molar-refractivity contribution in [2.75, 3.05) is 0 Å². The van der Waals surface area contributed by atoms with Gasteiger partial charge in [0.25, 0.3) is 0 Å². The highest BCUT2D eigenvalue weighted by Gasteiger charge is 2.23. The number of para-hydroxylation sites is 4. The number of rotatable bonds is 2. The lowest BCUT2D eigenvalue weighted by Crippen LogP contribution is -1.98. The minimum Gasteiger partial charge on any atom is -0.309 e. The molecule has 3 heterocycles. The third kappa shape index (κ3) is 3.43. The van der Waals surface area contributed by atoms with Crippen molar-refractivity contribution < 1.29 is 0 Å². The fourth-order valence-corrected chi connectivity index (χ4v) is 7.63. The summed E-state index contributed by atoms with van der Waals surface area (Å²) in [5.41, 5.74) is 7.69. The van der Waals surface area contributed by atoms with Crippen LogP contribution < -0.4 is 0 Å². The first-order valence-electron chi connectivity index (χ1n) is 15.7. The SMILES string of the molecule is N#Cc1nc2c3cc4c(cc3c3c(ccc5c3c3ccccc3n5-c3ccccc3)c2nc1C#N)c1ccccc1n4-c1ccccc1. The highest BCUT2D eigenvalue weighted by atomic mass is 15.0. The Hall–Kier alpha value is -7.02. The summed E-state index contributed by atoms with van der Waals surface area (Å²) in [6, 6.07) is 50.7. The van der Waals surface area contributed by atoms with E-state index in [-0.39, 0.29) is 11.4 Å². The first kappa shape index (κ1) is 26.2. The molecule has 0 fully saturated rings. The van der Waals surface area contributed by atoms with E-state index in [1.165, 1.54) is 0 Å². The minimum atomic E-state index is 0.0242. The zero-order chi connectivity index (χ0) is 31.9. The maximum atomic E-state index is 10.0. The number of hydrogen-bond donors (Lipinski definition) is 0. The summed E-state index contributed by atoms with van der Waals surface area (Å²) in [6.45, 7) is 0. The van der Waals surface area contributed by atoms with Gasteiger partial charge in [-0.3, -0.25) is 0 Å². The van der Waals surface area contributed by atoms with E-state index in [1.807, 2.05) is 24.3 Å². The summed E-state index contributed by atoms with van der Waals surface area (Å²) in [5, 5.41) is 28.3. The van der Waals surface area contributed by atoms with Crippen molar-refractivity contribution in [3.8, 4) is 23.5 Å². The smallest absolute Gasteiger partial charge is 0.177 e. The van der Waals surface area contributed by atoms with Crippen LogP contribution in [-0.2, 0) is 0 Å². The quantitative estimate of drug-likeness (QED) is 0.182. The molecule has 0 aliphatic carbocycles. The van der Waals surface area contributed by atoms with Gasteiger partial charge in [-0.15, -0.1) is 0 Å². The van der Waals surface area contributed by atoms with E-state index in [1.54, 1.807) is 0 Å². The number of fused-ring (bicyclic) bond motifs is 13. The molecule has 3 aromatic heterocycles. The highest BCUT2D eigenvalue weighted by Crippen LogP contribution is 2.45. The molecule has 6 heteroatoms. The lowest BCUT2D eigenvalue weighted by Gasteiger charge is -2.14. The van der Waals surface area contributed by atoms with Crippen LogP contribution in [0.1, 0.15) is 11.4 Å². The van der Waals surface area contributed by atoms with Crippen molar-refractivity contribution in [2.45, 2.75) is 0 Å². The van der Waals surface area contributed by atoms with E-state index < -0.39 is 0 Å². The van der Waals surface area contributed by atoms with Crippen molar-refractivity contribution in [1.82, 2.24) is 19.1 Å². The third-order valence-electron chi connectivity index (χ3n) is 9.57. The van der Waals surface area contributed by atoms with Gasteiger partial charge < -0.3 is 9.13 Å². The van der Waals surface area contributed by atoms with Gasteiger partial charge in [-0.2, -0.15) is 10.5 Å². The maximum absolute atomic E-state index is 10.0. The Balaban J connectivity index is 1.50. The third-order valence-corrected chi connectivity index (χ3v) is 9.57. The summed E-state index contributed by atoms with van der Waals surface area (Å²) >= 11 is 0. The summed E-state index contributed by atoms with van der Waals surface area (Å²) in [6.07, 6.45) is 0. The lowest BCUT2D eigenvalue weighted by atomic mass is 9.94. The van der Waals surface area contributed by atoms with Crippen molar-refractivity contribution in [1.29, 1.82) is 10.5 Å². The molecule has 0 spiro atoms. The predicted molar refractivity (Wildman–Crippen MR) is 193 cm³/mol. The van der Waals surface area contributed by atoms with Gasteiger partial charge in [-0.1, -0.05) is 72.8 Å². The average Bonchev–Trinajstić information content (AvgIpc) is 3.66. The molecule has 0 N–H and O–H groups in total.